The fourth-order valence-electron chi connectivity index (χ4n) is 0. The van der Waals surface area contributed by atoms with E-state index in [1.807, 2.05) is 0 Å². The van der Waals surface area contributed by atoms with E-state index in [0.717, 1.165) is 0 Å². The van der Waals surface area contributed by atoms with Crippen LogP contribution in [0.2, 0.25) is 0 Å². The summed E-state index contributed by atoms with van der Waals surface area (Å²) >= 11 is 0. The molecule has 0 aliphatic heterocycles. The van der Waals surface area contributed by atoms with E-state index < -0.39 is 8.34 Å². The predicted molar refractivity (Wildman–Crippen MR) is 9.69 cm³/mol. The molecule has 4 heavy (non-hydrogen) atoms. The average Bonchev–Trinajstić information content (AvgIpc) is 0.918. The molecule has 0 aromatic carbocycles. The van der Waals surface area contributed by atoms with Gasteiger partial charge in [0.15, 0.2) is 0 Å². The molecule has 0 fully saturated rings. The monoisotopic (exact) mass is 122 g/mol. The normalized spacial score (nSPS) is 3.00. The molecule has 0 saturated heterocycles. The Bertz CT molecular complexity index is 27.0. The molecule has 0 spiro atoms. The Labute approximate surface area is 34.7 Å². The summed E-state index contributed by atoms with van der Waals surface area (Å²) in [5.41, 5.74) is 0. The van der Waals surface area contributed by atoms with Crippen LogP contribution >= 0.6 is 8.34 Å². The van der Waals surface area contributed by atoms with Gasteiger partial charge in [-0.25, -0.2) is 9.13 Å². The van der Waals surface area contributed by atoms with Crippen LogP contribution in [0.1, 0.15) is 0 Å². The van der Waals surface area contributed by atoms with Gasteiger partial charge in [-0.2, -0.15) is 0 Å². The van der Waals surface area contributed by atoms with Crippen LogP contribution in [0.3, 0.4) is 0 Å². The van der Waals surface area contributed by atoms with Crippen LogP contribution < -0.4 is 0 Å². The van der Waals surface area contributed by atoms with Crippen LogP contribution in [-0.2, 0) is 25.6 Å². The second-order valence-electron chi connectivity index (χ2n) is 0.0833. The maximum Gasteiger partial charge on any atom is 0.303 e. The minimum absolute atomic E-state index is 0. The Morgan fingerprint density at radius 2 is 1.25 bits per heavy atom. The van der Waals surface area contributed by atoms with Crippen molar-refractivity contribution >= 4 is 8.34 Å². The first kappa shape index (κ1) is 8.83. The molecule has 0 radical (unpaired) electrons. The second kappa shape index (κ2) is 10.0. The van der Waals surface area contributed by atoms with Gasteiger partial charge in [0.05, 0.1) is 0 Å². The van der Waals surface area contributed by atoms with Gasteiger partial charge in [0.1, 0.15) is 0 Å². The number of hydrogen-bond acceptors (Lipinski definition) is 2. The van der Waals surface area contributed by atoms with Crippen molar-refractivity contribution in [3.8, 4) is 0 Å². The van der Waals surface area contributed by atoms with Crippen molar-refractivity contribution in [1.29, 1.82) is 0 Å². The van der Waals surface area contributed by atoms with Gasteiger partial charge in [-0.1, -0.05) is 0 Å². The summed E-state index contributed by atoms with van der Waals surface area (Å²) in [5.74, 6) is 0. The Kier molecular flexibility index (Phi) is 22.1. The third-order valence-electron chi connectivity index (χ3n) is 0. The molecule has 0 saturated carbocycles. The van der Waals surface area contributed by atoms with Crippen molar-refractivity contribution in [2.24, 2.45) is 0 Å². The van der Waals surface area contributed by atoms with Gasteiger partial charge in [-0.3, -0.25) is 0 Å². The molecular formula is HNiO2P. The van der Waals surface area contributed by atoms with E-state index >= 15 is 0 Å². The summed E-state index contributed by atoms with van der Waals surface area (Å²) in [7, 11) is -1.42. The Balaban J connectivity index is 0. The van der Waals surface area contributed by atoms with Crippen molar-refractivity contribution in [2.75, 3.05) is 0 Å². The molecular weight excluding hydrogens is 122 g/mol. The van der Waals surface area contributed by atoms with Crippen molar-refractivity contribution in [3.05, 3.63) is 0 Å². The van der Waals surface area contributed by atoms with Gasteiger partial charge in [0, 0.05) is 16.5 Å². The van der Waals surface area contributed by atoms with Crippen LogP contribution in [0.15, 0.2) is 0 Å². The van der Waals surface area contributed by atoms with Gasteiger partial charge >= 0.3 is 8.34 Å². The summed E-state index contributed by atoms with van der Waals surface area (Å²) < 4.78 is 16.8. The smallest absolute Gasteiger partial charge is 0.241 e. The van der Waals surface area contributed by atoms with E-state index in [2.05, 4.69) is 0 Å². The molecule has 0 heterocycles. The van der Waals surface area contributed by atoms with Crippen LogP contribution in [-0.4, -0.2) is 0 Å². The van der Waals surface area contributed by atoms with E-state index in [9.17, 15) is 0 Å². The quantitative estimate of drug-likeness (QED) is 0.343. The summed E-state index contributed by atoms with van der Waals surface area (Å²) in [5, 5.41) is 0. The summed E-state index contributed by atoms with van der Waals surface area (Å²) in [6, 6.07) is 0. The second-order valence-corrected chi connectivity index (χ2v) is 0.250. The number of rotatable bonds is 0. The summed E-state index contributed by atoms with van der Waals surface area (Å²) in [6.45, 7) is 0. The van der Waals surface area contributed by atoms with E-state index in [1.54, 1.807) is 0 Å². The van der Waals surface area contributed by atoms with Gasteiger partial charge in [0.25, 0.3) is 0 Å². The zero-order valence-electron chi connectivity index (χ0n) is 1.63. The first-order valence-electron chi connectivity index (χ1n) is 0.408. The molecule has 4 heteroatoms. The van der Waals surface area contributed by atoms with Crippen molar-refractivity contribution < 1.29 is 25.6 Å². The fraction of sp³-hybridized carbons (Fsp3) is 0. The molecule has 0 aliphatic carbocycles. The third kappa shape index (κ3) is 30.0. The first-order valence-corrected chi connectivity index (χ1v) is 1.22. The van der Waals surface area contributed by atoms with E-state index in [0.29, 0.717) is 0 Å². The minimum atomic E-state index is -1.42. The maximum atomic E-state index is 8.40. The van der Waals surface area contributed by atoms with E-state index in [4.69, 9.17) is 9.13 Å². The fourth-order valence-corrected chi connectivity index (χ4v) is 0. The van der Waals surface area contributed by atoms with Gasteiger partial charge < -0.3 is 0 Å². The average molecular weight is 123 g/mol. The molecule has 0 aromatic rings. The SMILES string of the molecule is O=[PH]=O.[Ni]. The third-order valence-corrected chi connectivity index (χ3v) is 0. The molecule has 2 nitrogen and oxygen atoms in total. The largest absolute Gasteiger partial charge is 0.303 e. The molecule has 0 aromatic heterocycles. The van der Waals surface area contributed by atoms with E-state index in [-0.39, 0.29) is 16.5 Å². The van der Waals surface area contributed by atoms with Gasteiger partial charge in [-0.15, -0.1) is 0 Å². The molecule has 28 valence electrons. The molecule has 0 N–H and O–H groups in total. The van der Waals surface area contributed by atoms with Crippen LogP contribution in [0, 0.1) is 0 Å². The maximum absolute atomic E-state index is 8.40. The molecule has 0 aliphatic rings. The summed E-state index contributed by atoms with van der Waals surface area (Å²) in [6.07, 6.45) is 0. The zero-order chi connectivity index (χ0) is 2.71. The Hall–Kier alpha value is 0.394. The van der Waals surface area contributed by atoms with E-state index in [1.165, 1.54) is 0 Å². The minimum Gasteiger partial charge on any atom is -0.241 e. The predicted octanol–water partition coefficient (Wildman–Crippen LogP) is 0.353. The van der Waals surface area contributed by atoms with Gasteiger partial charge in [-0.05, 0) is 0 Å². The topological polar surface area (TPSA) is 34.1 Å². The molecule has 0 bridgehead atoms. The number of hydrogen-bond donors (Lipinski definition) is 0. The Morgan fingerprint density at radius 1 is 1.25 bits per heavy atom. The Morgan fingerprint density at radius 3 is 1.25 bits per heavy atom. The van der Waals surface area contributed by atoms with Gasteiger partial charge in [0.2, 0.25) is 0 Å². The standard InChI is InChI=1S/Ni.HO2P/c;1-3-2/h;3H. The van der Waals surface area contributed by atoms with Crippen LogP contribution in [0.4, 0.5) is 0 Å². The first-order chi connectivity index (χ1) is 1.41. The molecule has 0 unspecified atom stereocenters. The van der Waals surface area contributed by atoms with Crippen molar-refractivity contribution in [3.63, 3.8) is 0 Å². The molecule has 0 amide bonds. The van der Waals surface area contributed by atoms with Crippen molar-refractivity contribution in [1.82, 2.24) is 0 Å². The zero-order valence-corrected chi connectivity index (χ0v) is 3.62. The summed E-state index contributed by atoms with van der Waals surface area (Å²) in [4.78, 5) is 0. The van der Waals surface area contributed by atoms with Crippen LogP contribution in [0.25, 0.3) is 0 Å². The van der Waals surface area contributed by atoms with Crippen LogP contribution in [0.5, 0.6) is 0 Å². The van der Waals surface area contributed by atoms with Crippen molar-refractivity contribution in [2.45, 2.75) is 0 Å². The molecule has 0 rings (SSSR count). The molecule has 0 atom stereocenters.